The highest BCUT2D eigenvalue weighted by Gasteiger charge is 2.23. The first kappa shape index (κ1) is 7.53. The van der Waals surface area contributed by atoms with Gasteiger partial charge in [-0.05, 0) is 17.6 Å². The lowest BCUT2D eigenvalue weighted by atomic mass is 9.89. The van der Waals surface area contributed by atoms with Crippen molar-refractivity contribution in [3.8, 4) is 0 Å². The van der Waals surface area contributed by atoms with Crippen molar-refractivity contribution in [2.24, 2.45) is 0 Å². The van der Waals surface area contributed by atoms with Crippen LogP contribution in [0.3, 0.4) is 0 Å². The van der Waals surface area contributed by atoms with Gasteiger partial charge < -0.3 is 0 Å². The molecule has 1 aromatic carbocycles. The molecule has 1 aromatic rings. The number of rotatable bonds is 2. The van der Waals surface area contributed by atoms with Crippen LogP contribution in [-0.4, -0.2) is 11.4 Å². The van der Waals surface area contributed by atoms with Crippen molar-refractivity contribution in [3.05, 3.63) is 42.0 Å². The van der Waals surface area contributed by atoms with Crippen LogP contribution in [0.25, 0.3) is 5.57 Å². The van der Waals surface area contributed by atoms with Gasteiger partial charge in [-0.1, -0.05) is 36.4 Å². The fourth-order valence-corrected chi connectivity index (χ4v) is 1.37. The molecule has 0 fully saturated rings. The third-order valence-corrected chi connectivity index (χ3v) is 2.13. The summed E-state index contributed by atoms with van der Waals surface area (Å²) in [5, 5.41) is 8.48. The van der Waals surface area contributed by atoms with E-state index in [-0.39, 0.29) is 6.10 Å². The van der Waals surface area contributed by atoms with Gasteiger partial charge in [-0.2, -0.15) is 0 Å². The van der Waals surface area contributed by atoms with E-state index < -0.39 is 0 Å². The molecule has 0 heterocycles. The Morgan fingerprint density at radius 3 is 2.50 bits per heavy atom. The van der Waals surface area contributed by atoms with E-state index in [9.17, 15) is 0 Å². The molecule has 1 atom stereocenters. The summed E-state index contributed by atoms with van der Waals surface area (Å²) in [6, 6.07) is 9.94. The summed E-state index contributed by atoms with van der Waals surface area (Å²) < 4.78 is 0. The van der Waals surface area contributed by atoms with Crippen molar-refractivity contribution >= 4 is 5.57 Å². The van der Waals surface area contributed by atoms with E-state index in [1.807, 2.05) is 30.3 Å². The molecule has 2 rings (SSSR count). The maximum absolute atomic E-state index is 8.48. The van der Waals surface area contributed by atoms with Crippen LogP contribution in [0, 0.1) is 0 Å². The zero-order valence-corrected chi connectivity index (χ0v) is 6.60. The summed E-state index contributed by atoms with van der Waals surface area (Å²) in [4.78, 5) is 4.28. The zero-order chi connectivity index (χ0) is 8.39. The SMILES string of the molecule is OOC1CC=C1c1ccccc1. The van der Waals surface area contributed by atoms with Crippen LogP contribution in [0.4, 0.5) is 0 Å². The Morgan fingerprint density at radius 1 is 1.25 bits per heavy atom. The standard InChI is InChI=1S/C10H10O2/c11-12-10-7-6-9(10)8-4-2-1-3-5-8/h1-6,10-11H,7H2. The summed E-state index contributed by atoms with van der Waals surface area (Å²) in [6.45, 7) is 0. The normalized spacial score (nSPS) is 21.4. The highest BCUT2D eigenvalue weighted by molar-refractivity contribution is 5.73. The van der Waals surface area contributed by atoms with Gasteiger partial charge in [-0.25, -0.2) is 4.89 Å². The summed E-state index contributed by atoms with van der Waals surface area (Å²) in [7, 11) is 0. The highest BCUT2D eigenvalue weighted by atomic mass is 17.1. The van der Waals surface area contributed by atoms with Crippen LogP contribution in [0.5, 0.6) is 0 Å². The molecule has 1 N–H and O–H groups in total. The van der Waals surface area contributed by atoms with E-state index in [2.05, 4.69) is 11.0 Å². The second-order valence-corrected chi connectivity index (χ2v) is 2.86. The molecule has 0 saturated heterocycles. The van der Waals surface area contributed by atoms with E-state index in [0.29, 0.717) is 0 Å². The Hall–Kier alpha value is -1.12. The Balaban J connectivity index is 2.22. The fraction of sp³-hybridized carbons (Fsp3) is 0.200. The lowest BCUT2D eigenvalue weighted by molar-refractivity contribution is -0.265. The molecular formula is C10H10O2. The highest BCUT2D eigenvalue weighted by Crippen LogP contribution is 2.31. The van der Waals surface area contributed by atoms with Gasteiger partial charge in [-0.3, -0.25) is 5.26 Å². The summed E-state index contributed by atoms with van der Waals surface area (Å²) in [5.41, 5.74) is 2.21. The molecular weight excluding hydrogens is 152 g/mol. The Morgan fingerprint density at radius 2 is 2.00 bits per heavy atom. The molecule has 1 unspecified atom stereocenters. The first-order valence-corrected chi connectivity index (χ1v) is 3.97. The largest absolute Gasteiger partial charge is 0.251 e. The van der Waals surface area contributed by atoms with Gasteiger partial charge in [0.25, 0.3) is 0 Å². The van der Waals surface area contributed by atoms with Crippen LogP contribution in [0.1, 0.15) is 12.0 Å². The molecule has 0 aliphatic heterocycles. The third kappa shape index (κ3) is 1.15. The summed E-state index contributed by atoms with van der Waals surface area (Å²) >= 11 is 0. The minimum atomic E-state index is -0.118. The van der Waals surface area contributed by atoms with Crippen molar-refractivity contribution in [3.63, 3.8) is 0 Å². The van der Waals surface area contributed by atoms with Crippen LogP contribution < -0.4 is 0 Å². The molecule has 0 bridgehead atoms. The van der Waals surface area contributed by atoms with E-state index >= 15 is 0 Å². The van der Waals surface area contributed by atoms with E-state index in [1.165, 1.54) is 0 Å². The predicted octanol–water partition coefficient (Wildman–Crippen LogP) is 2.33. The van der Waals surface area contributed by atoms with E-state index in [4.69, 9.17) is 5.26 Å². The van der Waals surface area contributed by atoms with Crippen molar-refractivity contribution in [2.45, 2.75) is 12.5 Å². The number of hydrogen-bond donors (Lipinski definition) is 1. The maximum atomic E-state index is 8.48. The van der Waals surface area contributed by atoms with Gasteiger partial charge in [-0.15, -0.1) is 0 Å². The van der Waals surface area contributed by atoms with E-state index in [0.717, 1.165) is 17.6 Å². The van der Waals surface area contributed by atoms with Gasteiger partial charge in [0, 0.05) is 0 Å². The molecule has 0 aromatic heterocycles. The molecule has 0 amide bonds. The molecule has 62 valence electrons. The third-order valence-electron chi connectivity index (χ3n) is 2.13. The quantitative estimate of drug-likeness (QED) is 0.534. The second kappa shape index (κ2) is 3.09. The smallest absolute Gasteiger partial charge is 0.121 e. The van der Waals surface area contributed by atoms with Crippen molar-refractivity contribution in [1.82, 2.24) is 0 Å². The maximum Gasteiger partial charge on any atom is 0.121 e. The van der Waals surface area contributed by atoms with Gasteiger partial charge in [0.1, 0.15) is 6.10 Å². The lowest BCUT2D eigenvalue weighted by Crippen LogP contribution is -2.19. The molecule has 1 aliphatic carbocycles. The molecule has 0 saturated carbocycles. The Kier molecular flexibility index (Phi) is 1.94. The second-order valence-electron chi connectivity index (χ2n) is 2.86. The number of benzene rings is 1. The average Bonchev–Trinajstić information content (AvgIpc) is 2.05. The Labute approximate surface area is 71.0 Å². The molecule has 2 nitrogen and oxygen atoms in total. The van der Waals surface area contributed by atoms with Gasteiger partial charge >= 0.3 is 0 Å². The topological polar surface area (TPSA) is 29.5 Å². The monoisotopic (exact) mass is 162 g/mol. The van der Waals surface area contributed by atoms with Crippen LogP contribution in [0.2, 0.25) is 0 Å². The predicted molar refractivity (Wildman–Crippen MR) is 46.5 cm³/mol. The van der Waals surface area contributed by atoms with Crippen LogP contribution in [0.15, 0.2) is 36.4 Å². The Bertz CT molecular complexity index is 290. The van der Waals surface area contributed by atoms with E-state index in [1.54, 1.807) is 0 Å². The fourth-order valence-electron chi connectivity index (χ4n) is 1.37. The first-order valence-electron chi connectivity index (χ1n) is 3.97. The number of hydrogen-bond acceptors (Lipinski definition) is 2. The summed E-state index contributed by atoms with van der Waals surface area (Å²) in [5.74, 6) is 0. The summed E-state index contributed by atoms with van der Waals surface area (Å²) in [6.07, 6.45) is 2.75. The lowest BCUT2D eigenvalue weighted by Gasteiger charge is -2.23. The average molecular weight is 162 g/mol. The molecule has 0 radical (unpaired) electrons. The van der Waals surface area contributed by atoms with Gasteiger partial charge in [0.2, 0.25) is 0 Å². The van der Waals surface area contributed by atoms with Crippen LogP contribution in [-0.2, 0) is 4.89 Å². The van der Waals surface area contributed by atoms with Crippen molar-refractivity contribution in [2.75, 3.05) is 0 Å². The molecule has 2 heteroatoms. The minimum Gasteiger partial charge on any atom is -0.251 e. The van der Waals surface area contributed by atoms with Crippen LogP contribution >= 0.6 is 0 Å². The van der Waals surface area contributed by atoms with Crippen molar-refractivity contribution < 1.29 is 10.1 Å². The molecule has 0 spiro atoms. The van der Waals surface area contributed by atoms with Crippen molar-refractivity contribution in [1.29, 1.82) is 0 Å². The molecule has 1 aliphatic rings. The molecule has 12 heavy (non-hydrogen) atoms. The zero-order valence-electron chi connectivity index (χ0n) is 6.60. The first-order chi connectivity index (χ1) is 5.92. The minimum absolute atomic E-state index is 0.118. The van der Waals surface area contributed by atoms with Gasteiger partial charge in [0.15, 0.2) is 0 Å². The van der Waals surface area contributed by atoms with Gasteiger partial charge in [0.05, 0.1) is 0 Å².